The molecule has 4 rings (SSSR count). The van der Waals surface area contributed by atoms with Crippen LogP contribution in [0.1, 0.15) is 0 Å². The molecule has 3 aromatic heterocycles. The fourth-order valence-electron chi connectivity index (χ4n) is 2.28. The summed E-state index contributed by atoms with van der Waals surface area (Å²) in [6.45, 7) is 0. The van der Waals surface area contributed by atoms with Crippen molar-refractivity contribution in [2.24, 2.45) is 0 Å². The topological polar surface area (TPSA) is 124 Å². The Hall–Kier alpha value is -3.27. The minimum absolute atomic E-state index is 0.376. The molecule has 0 fully saturated rings. The molecule has 0 spiro atoms. The van der Waals surface area contributed by atoms with E-state index in [2.05, 4.69) is 46.1 Å². The Labute approximate surface area is 140 Å². The fraction of sp³-hybridized carbons (Fsp3) is 0.0769. The number of halogens is 1. The van der Waals surface area contributed by atoms with Crippen molar-refractivity contribution in [2.75, 3.05) is 17.3 Å². The molecule has 0 bridgehead atoms. The van der Waals surface area contributed by atoms with E-state index in [1.807, 2.05) is 12.1 Å². The first-order valence-electron chi connectivity index (χ1n) is 6.91. The van der Waals surface area contributed by atoms with Crippen molar-refractivity contribution in [3.05, 3.63) is 35.6 Å². The highest BCUT2D eigenvalue weighted by molar-refractivity contribution is 6.30. The predicted octanol–water partition coefficient (Wildman–Crippen LogP) is 2.03. The van der Waals surface area contributed by atoms with Crippen molar-refractivity contribution in [1.82, 2.24) is 40.8 Å². The maximum Gasteiger partial charge on any atom is 0.271 e. The van der Waals surface area contributed by atoms with Crippen LogP contribution in [0.15, 0.2) is 30.6 Å². The average molecular weight is 343 g/mol. The van der Waals surface area contributed by atoms with Gasteiger partial charge >= 0.3 is 0 Å². The van der Waals surface area contributed by atoms with Gasteiger partial charge in [0.1, 0.15) is 17.5 Å². The number of fused-ring (bicyclic) bond motifs is 1. The number of nitrogens with zero attached hydrogens (tertiary/aromatic N) is 7. The van der Waals surface area contributed by atoms with Gasteiger partial charge in [-0.05, 0) is 23.4 Å². The van der Waals surface area contributed by atoms with Crippen LogP contribution >= 0.6 is 11.6 Å². The molecule has 4 aromatic rings. The lowest BCUT2D eigenvalue weighted by Crippen LogP contribution is -2.12. The summed E-state index contributed by atoms with van der Waals surface area (Å²) in [7, 11) is 1.77. The monoisotopic (exact) mass is 342 g/mol. The fourth-order valence-corrected chi connectivity index (χ4v) is 2.47. The van der Waals surface area contributed by atoms with Crippen LogP contribution in [-0.4, -0.2) is 47.8 Å². The lowest BCUT2D eigenvalue weighted by atomic mass is 10.3. The molecular formula is C13H11ClN10. The maximum atomic E-state index is 6.03. The van der Waals surface area contributed by atoms with Crippen LogP contribution in [0.25, 0.3) is 11.0 Å². The van der Waals surface area contributed by atoms with Crippen molar-refractivity contribution in [3.8, 4) is 0 Å². The van der Waals surface area contributed by atoms with Crippen LogP contribution in [-0.2, 0) is 0 Å². The Morgan fingerprint density at radius 3 is 2.92 bits per heavy atom. The van der Waals surface area contributed by atoms with Crippen LogP contribution < -0.4 is 10.2 Å². The maximum absolute atomic E-state index is 6.03. The van der Waals surface area contributed by atoms with Gasteiger partial charge in [-0.15, -0.1) is 5.10 Å². The second-order valence-corrected chi connectivity index (χ2v) is 5.34. The molecule has 3 N–H and O–H groups in total. The first-order chi connectivity index (χ1) is 11.7. The second-order valence-electron chi connectivity index (χ2n) is 4.90. The van der Waals surface area contributed by atoms with Crippen LogP contribution in [0.2, 0.25) is 5.02 Å². The van der Waals surface area contributed by atoms with Crippen LogP contribution in [0.4, 0.5) is 23.3 Å². The number of hydrogen-bond donors (Lipinski definition) is 3. The molecule has 3 heterocycles. The molecule has 120 valence electrons. The molecule has 0 radical (unpaired) electrons. The summed E-state index contributed by atoms with van der Waals surface area (Å²) in [4.78, 5) is 10.2. The van der Waals surface area contributed by atoms with Gasteiger partial charge in [-0.25, -0.2) is 9.97 Å². The van der Waals surface area contributed by atoms with E-state index in [0.29, 0.717) is 33.6 Å². The molecule has 0 atom stereocenters. The SMILES string of the molecule is CN(c1nn[nH]n1)c1n[nH]c2ncnc(Nc3cccc(Cl)c3)c12. The van der Waals surface area contributed by atoms with E-state index in [0.717, 1.165) is 5.69 Å². The standard InChI is InChI=1S/C13H11ClN10/c1-24(13-20-22-23-21-13)12-9-10(15-6-16-11(9)18-19-12)17-8-4-2-3-7(14)5-8/h2-6H,1H3,(H,20,21,22,23)(H2,15,16,17,18,19). The lowest BCUT2D eigenvalue weighted by molar-refractivity contribution is 0.881. The molecule has 1 aromatic carbocycles. The van der Waals surface area contributed by atoms with Gasteiger partial charge in [0, 0.05) is 17.8 Å². The van der Waals surface area contributed by atoms with Crippen molar-refractivity contribution in [1.29, 1.82) is 0 Å². The number of nitrogens with one attached hydrogen (secondary N) is 3. The molecule has 0 unspecified atom stereocenters. The summed E-state index contributed by atoms with van der Waals surface area (Å²) in [5.41, 5.74) is 1.39. The van der Waals surface area contributed by atoms with E-state index in [4.69, 9.17) is 11.6 Å². The van der Waals surface area contributed by atoms with Crippen LogP contribution in [0.5, 0.6) is 0 Å². The first-order valence-corrected chi connectivity index (χ1v) is 7.29. The summed E-state index contributed by atoms with van der Waals surface area (Å²) < 4.78 is 0. The highest BCUT2D eigenvalue weighted by Gasteiger charge is 2.19. The molecule has 24 heavy (non-hydrogen) atoms. The molecular weight excluding hydrogens is 332 g/mol. The summed E-state index contributed by atoms with van der Waals surface area (Å²) in [6, 6.07) is 7.35. The Kier molecular flexibility index (Phi) is 3.43. The number of aromatic amines is 2. The van der Waals surface area contributed by atoms with Crippen molar-refractivity contribution >= 4 is 45.9 Å². The molecule has 0 saturated heterocycles. The number of hydrogen-bond acceptors (Lipinski definition) is 8. The van der Waals surface area contributed by atoms with Crippen LogP contribution in [0, 0.1) is 0 Å². The van der Waals surface area contributed by atoms with E-state index in [9.17, 15) is 0 Å². The quantitative estimate of drug-likeness (QED) is 0.514. The summed E-state index contributed by atoms with van der Waals surface area (Å²) in [6.07, 6.45) is 1.45. The number of rotatable bonds is 4. The Bertz CT molecular complexity index is 980. The van der Waals surface area contributed by atoms with E-state index in [-0.39, 0.29) is 0 Å². The zero-order valence-electron chi connectivity index (χ0n) is 12.4. The third-order valence-corrected chi connectivity index (χ3v) is 3.61. The normalized spacial score (nSPS) is 10.9. The van der Waals surface area contributed by atoms with Gasteiger partial charge in [0.05, 0.1) is 0 Å². The summed E-state index contributed by atoms with van der Waals surface area (Å²) in [5, 5.41) is 25.6. The van der Waals surface area contributed by atoms with E-state index >= 15 is 0 Å². The van der Waals surface area contributed by atoms with Crippen molar-refractivity contribution < 1.29 is 0 Å². The Balaban J connectivity index is 1.80. The predicted molar refractivity (Wildman–Crippen MR) is 88.7 cm³/mol. The zero-order chi connectivity index (χ0) is 16.5. The van der Waals surface area contributed by atoms with Gasteiger partial charge in [0.2, 0.25) is 0 Å². The van der Waals surface area contributed by atoms with Gasteiger partial charge in [0.25, 0.3) is 5.95 Å². The van der Waals surface area contributed by atoms with Gasteiger partial charge in [-0.2, -0.15) is 10.3 Å². The molecule has 0 aliphatic carbocycles. The third kappa shape index (κ3) is 2.48. The van der Waals surface area contributed by atoms with E-state index in [1.54, 1.807) is 24.1 Å². The smallest absolute Gasteiger partial charge is 0.271 e. The molecule has 0 amide bonds. The molecule has 10 nitrogen and oxygen atoms in total. The number of anilines is 4. The van der Waals surface area contributed by atoms with Gasteiger partial charge in [-0.3, -0.25) is 10.00 Å². The summed E-state index contributed by atoms with van der Waals surface area (Å²) in [5.74, 6) is 1.53. The Morgan fingerprint density at radius 1 is 1.21 bits per heavy atom. The largest absolute Gasteiger partial charge is 0.339 e. The molecule has 11 heteroatoms. The zero-order valence-corrected chi connectivity index (χ0v) is 13.2. The van der Waals surface area contributed by atoms with Crippen molar-refractivity contribution in [3.63, 3.8) is 0 Å². The van der Waals surface area contributed by atoms with Crippen molar-refractivity contribution in [2.45, 2.75) is 0 Å². The minimum Gasteiger partial charge on any atom is -0.339 e. The first kappa shape index (κ1) is 14.3. The van der Waals surface area contributed by atoms with Gasteiger partial charge in [0.15, 0.2) is 11.5 Å². The number of H-pyrrole nitrogens is 2. The molecule has 0 saturated carbocycles. The second kappa shape index (κ2) is 5.74. The summed E-state index contributed by atoms with van der Waals surface area (Å²) >= 11 is 6.03. The van der Waals surface area contributed by atoms with E-state index in [1.165, 1.54) is 6.33 Å². The minimum atomic E-state index is 0.376. The average Bonchev–Trinajstić information content (AvgIpc) is 3.25. The molecule has 0 aliphatic heterocycles. The van der Waals surface area contributed by atoms with Gasteiger partial charge in [-0.1, -0.05) is 22.8 Å². The highest BCUT2D eigenvalue weighted by atomic mass is 35.5. The highest BCUT2D eigenvalue weighted by Crippen LogP contribution is 2.32. The third-order valence-electron chi connectivity index (χ3n) is 3.38. The lowest BCUT2D eigenvalue weighted by Gasteiger charge is -2.13. The molecule has 0 aliphatic rings. The number of tetrazole rings is 1. The number of benzene rings is 1. The van der Waals surface area contributed by atoms with Gasteiger partial charge < -0.3 is 5.32 Å². The number of aromatic nitrogens is 8. The van der Waals surface area contributed by atoms with Crippen LogP contribution in [0.3, 0.4) is 0 Å². The van der Waals surface area contributed by atoms with E-state index < -0.39 is 0 Å². The Morgan fingerprint density at radius 2 is 2.12 bits per heavy atom.